The summed E-state index contributed by atoms with van der Waals surface area (Å²) in [5.41, 5.74) is 2.06. The first-order valence-corrected chi connectivity index (χ1v) is 11.9. The lowest BCUT2D eigenvalue weighted by Crippen LogP contribution is -2.54. The quantitative estimate of drug-likeness (QED) is 0.655. The second-order valence-electron chi connectivity index (χ2n) is 10.1. The summed E-state index contributed by atoms with van der Waals surface area (Å²) in [7, 11) is 4.34. The molecule has 3 N–H and O–H groups in total. The van der Waals surface area contributed by atoms with Gasteiger partial charge >= 0.3 is 0 Å². The molecular formula is C25H34N6O2. The SMILES string of the molecule is CN(C)C1(c2ccccc2)CCC2(CC1)CN(c1cnc(C3CCNC(=O)C3)nc1)C(O)N2. The van der Waals surface area contributed by atoms with Crippen LogP contribution in [0.3, 0.4) is 0 Å². The zero-order chi connectivity index (χ0) is 23.1. The third kappa shape index (κ3) is 4.11. The molecule has 2 atom stereocenters. The number of benzene rings is 1. The molecule has 0 radical (unpaired) electrons. The van der Waals surface area contributed by atoms with E-state index in [1.807, 2.05) is 4.90 Å². The van der Waals surface area contributed by atoms with Crippen molar-refractivity contribution in [1.29, 1.82) is 0 Å². The van der Waals surface area contributed by atoms with Gasteiger partial charge in [0.15, 0.2) is 6.35 Å². The summed E-state index contributed by atoms with van der Waals surface area (Å²) in [5.74, 6) is 0.833. The molecule has 8 nitrogen and oxygen atoms in total. The molecule has 3 heterocycles. The Morgan fingerprint density at radius 2 is 1.79 bits per heavy atom. The van der Waals surface area contributed by atoms with E-state index in [0.29, 0.717) is 18.8 Å². The number of carbonyl (C=O) groups excluding carboxylic acids is 1. The van der Waals surface area contributed by atoms with Gasteiger partial charge in [-0.05, 0) is 51.8 Å². The normalized spacial score (nSPS) is 32.4. The summed E-state index contributed by atoms with van der Waals surface area (Å²) in [4.78, 5) is 25.1. The van der Waals surface area contributed by atoms with Crippen LogP contribution in [0, 0.1) is 0 Å². The Hall–Kier alpha value is -2.55. The highest BCUT2D eigenvalue weighted by molar-refractivity contribution is 5.77. The van der Waals surface area contributed by atoms with Crippen molar-refractivity contribution in [1.82, 2.24) is 25.5 Å². The van der Waals surface area contributed by atoms with Crippen molar-refractivity contribution in [3.8, 4) is 0 Å². The van der Waals surface area contributed by atoms with Gasteiger partial charge in [0.25, 0.3) is 0 Å². The molecule has 33 heavy (non-hydrogen) atoms. The Balaban J connectivity index is 1.29. The second-order valence-corrected chi connectivity index (χ2v) is 10.1. The van der Waals surface area contributed by atoms with Crippen LogP contribution >= 0.6 is 0 Å². The Labute approximate surface area is 195 Å². The molecule has 2 unspecified atom stereocenters. The van der Waals surface area contributed by atoms with Gasteiger partial charge in [-0.2, -0.15) is 0 Å². The number of nitrogens with zero attached hydrogens (tertiary/aromatic N) is 4. The fourth-order valence-corrected chi connectivity index (χ4v) is 5.92. The maximum absolute atomic E-state index is 11.7. The molecule has 1 aliphatic carbocycles. The van der Waals surface area contributed by atoms with Gasteiger partial charge in [-0.3, -0.25) is 15.0 Å². The topological polar surface area (TPSA) is 93.6 Å². The van der Waals surface area contributed by atoms with Crippen molar-refractivity contribution in [3.63, 3.8) is 0 Å². The largest absolute Gasteiger partial charge is 0.361 e. The predicted molar refractivity (Wildman–Crippen MR) is 127 cm³/mol. The van der Waals surface area contributed by atoms with E-state index in [-0.39, 0.29) is 22.9 Å². The molecule has 1 aromatic carbocycles. The van der Waals surface area contributed by atoms with Gasteiger partial charge in [0.1, 0.15) is 5.82 Å². The molecule has 0 bridgehead atoms. The lowest BCUT2D eigenvalue weighted by Gasteiger charge is -2.49. The van der Waals surface area contributed by atoms with Crippen LogP contribution in [0.2, 0.25) is 0 Å². The molecule has 2 saturated heterocycles. The molecule has 2 aliphatic heterocycles. The van der Waals surface area contributed by atoms with Crippen LogP contribution in [0.25, 0.3) is 0 Å². The smallest absolute Gasteiger partial charge is 0.220 e. The number of amides is 1. The van der Waals surface area contributed by atoms with Gasteiger partial charge in [-0.15, -0.1) is 0 Å². The molecule has 1 spiro atoms. The lowest BCUT2D eigenvalue weighted by molar-refractivity contribution is -0.122. The van der Waals surface area contributed by atoms with Crippen molar-refractivity contribution in [2.45, 2.75) is 61.9 Å². The van der Waals surface area contributed by atoms with Crippen LogP contribution in [-0.4, -0.2) is 65.0 Å². The van der Waals surface area contributed by atoms with Crippen molar-refractivity contribution < 1.29 is 9.90 Å². The average molecular weight is 451 g/mol. The number of aliphatic hydroxyl groups excluding tert-OH is 1. The van der Waals surface area contributed by atoms with Gasteiger partial charge in [0, 0.05) is 36.5 Å². The number of anilines is 1. The first-order chi connectivity index (χ1) is 15.9. The standard InChI is InChI=1S/C25H34N6O2/c1-30(2)25(19-6-4-3-5-7-19)11-9-24(10-12-25)17-31(23(33)29-24)20-15-27-22(28-16-20)18-8-13-26-21(32)14-18/h3-7,15-16,18,23,29,33H,8-14,17H2,1-2H3,(H,26,32). The van der Waals surface area contributed by atoms with Gasteiger partial charge in [-0.25, -0.2) is 9.97 Å². The van der Waals surface area contributed by atoms with Crippen LogP contribution in [-0.2, 0) is 10.3 Å². The minimum atomic E-state index is -0.761. The molecule has 176 valence electrons. The molecule has 8 heteroatoms. The van der Waals surface area contributed by atoms with Crippen molar-refractivity contribution in [3.05, 3.63) is 54.1 Å². The molecule has 5 rings (SSSR count). The fraction of sp³-hybridized carbons (Fsp3) is 0.560. The molecular weight excluding hydrogens is 416 g/mol. The van der Waals surface area contributed by atoms with E-state index in [4.69, 9.17) is 0 Å². The van der Waals surface area contributed by atoms with Gasteiger partial charge in [0.2, 0.25) is 5.91 Å². The number of hydrogen-bond donors (Lipinski definition) is 3. The molecule has 1 saturated carbocycles. The molecule has 2 aromatic rings. The minimum absolute atomic E-state index is 0.0175. The Bertz CT molecular complexity index is 972. The van der Waals surface area contributed by atoms with Gasteiger partial charge in [0.05, 0.1) is 18.1 Å². The average Bonchev–Trinajstić information content (AvgIpc) is 3.16. The van der Waals surface area contributed by atoms with Crippen molar-refractivity contribution in [2.75, 3.05) is 32.1 Å². The Morgan fingerprint density at radius 3 is 2.42 bits per heavy atom. The summed E-state index contributed by atoms with van der Waals surface area (Å²) in [6.07, 6.45) is 8.11. The highest BCUT2D eigenvalue weighted by Gasteiger charge is 2.50. The number of aliphatic hydroxyl groups is 1. The highest BCUT2D eigenvalue weighted by Crippen LogP contribution is 2.46. The van der Waals surface area contributed by atoms with Crippen LogP contribution in [0.1, 0.15) is 55.8 Å². The van der Waals surface area contributed by atoms with E-state index in [1.165, 1.54) is 5.56 Å². The van der Waals surface area contributed by atoms with Crippen molar-refractivity contribution in [2.24, 2.45) is 0 Å². The first-order valence-electron chi connectivity index (χ1n) is 11.9. The zero-order valence-corrected chi connectivity index (χ0v) is 19.5. The van der Waals surface area contributed by atoms with E-state index in [1.54, 1.807) is 12.4 Å². The Kier molecular flexibility index (Phi) is 5.84. The summed E-state index contributed by atoms with van der Waals surface area (Å²) < 4.78 is 0. The van der Waals surface area contributed by atoms with E-state index in [2.05, 4.69) is 69.9 Å². The number of hydrogen-bond acceptors (Lipinski definition) is 7. The zero-order valence-electron chi connectivity index (χ0n) is 19.5. The number of piperidine rings is 1. The van der Waals surface area contributed by atoms with Crippen LogP contribution in [0.5, 0.6) is 0 Å². The third-order valence-corrected chi connectivity index (χ3v) is 8.01. The predicted octanol–water partition coefficient (Wildman–Crippen LogP) is 1.93. The van der Waals surface area contributed by atoms with E-state index in [9.17, 15) is 9.90 Å². The maximum atomic E-state index is 11.7. The summed E-state index contributed by atoms with van der Waals surface area (Å²) in [6, 6.07) is 10.8. The summed E-state index contributed by atoms with van der Waals surface area (Å²) in [6.45, 7) is 1.39. The number of nitrogens with one attached hydrogen (secondary N) is 2. The second kappa shape index (κ2) is 8.66. The lowest BCUT2D eigenvalue weighted by atomic mass is 9.69. The van der Waals surface area contributed by atoms with E-state index < -0.39 is 6.35 Å². The molecule has 3 fully saturated rings. The van der Waals surface area contributed by atoms with Crippen LogP contribution < -0.4 is 15.5 Å². The van der Waals surface area contributed by atoms with Crippen LogP contribution in [0.4, 0.5) is 5.69 Å². The molecule has 3 aliphatic rings. The Morgan fingerprint density at radius 1 is 1.09 bits per heavy atom. The molecule has 1 aromatic heterocycles. The minimum Gasteiger partial charge on any atom is -0.361 e. The summed E-state index contributed by atoms with van der Waals surface area (Å²) in [5, 5.41) is 17.2. The fourth-order valence-electron chi connectivity index (χ4n) is 5.92. The van der Waals surface area contributed by atoms with Gasteiger partial charge < -0.3 is 15.3 Å². The highest BCUT2D eigenvalue weighted by atomic mass is 16.3. The van der Waals surface area contributed by atoms with Crippen LogP contribution in [0.15, 0.2) is 42.7 Å². The third-order valence-electron chi connectivity index (χ3n) is 8.01. The monoisotopic (exact) mass is 450 g/mol. The van der Waals surface area contributed by atoms with Gasteiger partial charge in [-0.1, -0.05) is 30.3 Å². The number of carbonyl (C=O) groups is 1. The maximum Gasteiger partial charge on any atom is 0.220 e. The molecule has 1 amide bonds. The number of aromatic nitrogens is 2. The number of rotatable bonds is 4. The summed E-state index contributed by atoms with van der Waals surface area (Å²) >= 11 is 0. The van der Waals surface area contributed by atoms with E-state index in [0.717, 1.165) is 44.3 Å². The van der Waals surface area contributed by atoms with E-state index >= 15 is 0 Å². The van der Waals surface area contributed by atoms with Crippen molar-refractivity contribution >= 4 is 11.6 Å². The first kappa shape index (κ1) is 22.3.